The van der Waals surface area contributed by atoms with E-state index in [0.717, 1.165) is 30.6 Å². The molecule has 0 aliphatic carbocycles. The van der Waals surface area contributed by atoms with Crippen LogP contribution < -0.4 is 10.6 Å². The molecular formula is C15H19F3N2O. The number of hydrogen-bond donors (Lipinski definition) is 2. The largest absolute Gasteiger partial charge is 0.389 e. The average molecular weight is 300 g/mol. The Morgan fingerprint density at radius 1 is 1.29 bits per heavy atom. The Balaban J connectivity index is 1.78. The Kier molecular flexibility index (Phi) is 5.09. The summed E-state index contributed by atoms with van der Waals surface area (Å²) in [6.07, 6.45) is -2.57. The van der Waals surface area contributed by atoms with Gasteiger partial charge in [-0.15, -0.1) is 0 Å². The van der Waals surface area contributed by atoms with Crippen LogP contribution in [0.2, 0.25) is 0 Å². The zero-order valence-electron chi connectivity index (χ0n) is 11.7. The Bertz CT molecular complexity index is 500. The van der Waals surface area contributed by atoms with Gasteiger partial charge in [0.2, 0.25) is 0 Å². The van der Waals surface area contributed by atoms with E-state index in [4.69, 9.17) is 0 Å². The van der Waals surface area contributed by atoms with E-state index in [0.29, 0.717) is 12.0 Å². The SMILES string of the molecule is O=C(NCCCCC(F)(F)F)c1ccc2c(c1)CCCN2. The van der Waals surface area contributed by atoms with Crippen molar-refractivity contribution in [3.05, 3.63) is 29.3 Å². The lowest BCUT2D eigenvalue weighted by Gasteiger charge is -2.18. The number of anilines is 1. The molecule has 0 fully saturated rings. The first-order valence-corrected chi connectivity index (χ1v) is 7.17. The van der Waals surface area contributed by atoms with Gasteiger partial charge < -0.3 is 10.6 Å². The van der Waals surface area contributed by atoms with Crippen molar-refractivity contribution in [1.82, 2.24) is 5.32 Å². The summed E-state index contributed by atoms with van der Waals surface area (Å²) < 4.78 is 35.9. The second kappa shape index (κ2) is 6.83. The van der Waals surface area contributed by atoms with Crippen molar-refractivity contribution < 1.29 is 18.0 Å². The predicted molar refractivity (Wildman–Crippen MR) is 75.5 cm³/mol. The monoisotopic (exact) mass is 300 g/mol. The minimum absolute atomic E-state index is 0.0396. The summed E-state index contributed by atoms with van der Waals surface area (Å²) in [6, 6.07) is 5.47. The van der Waals surface area contributed by atoms with Gasteiger partial charge in [0.15, 0.2) is 0 Å². The van der Waals surface area contributed by atoms with E-state index in [1.807, 2.05) is 12.1 Å². The van der Waals surface area contributed by atoms with E-state index in [9.17, 15) is 18.0 Å². The second-order valence-corrected chi connectivity index (χ2v) is 5.23. The number of alkyl halides is 3. The molecule has 1 aromatic carbocycles. The van der Waals surface area contributed by atoms with Gasteiger partial charge >= 0.3 is 6.18 Å². The summed E-state index contributed by atoms with van der Waals surface area (Å²) in [5.74, 6) is -0.226. The van der Waals surface area contributed by atoms with Gasteiger partial charge in [0, 0.05) is 30.8 Å². The van der Waals surface area contributed by atoms with Gasteiger partial charge in [0.05, 0.1) is 0 Å². The van der Waals surface area contributed by atoms with Gasteiger partial charge in [-0.2, -0.15) is 13.2 Å². The third-order valence-corrected chi connectivity index (χ3v) is 3.48. The zero-order chi connectivity index (χ0) is 15.3. The minimum atomic E-state index is -4.12. The molecule has 1 heterocycles. The first kappa shape index (κ1) is 15.7. The highest BCUT2D eigenvalue weighted by atomic mass is 19.4. The maximum Gasteiger partial charge on any atom is 0.389 e. The van der Waals surface area contributed by atoms with Gasteiger partial charge in [-0.25, -0.2) is 0 Å². The molecule has 2 N–H and O–H groups in total. The summed E-state index contributed by atoms with van der Waals surface area (Å²) in [4.78, 5) is 11.9. The molecule has 0 atom stereocenters. The highest BCUT2D eigenvalue weighted by molar-refractivity contribution is 5.94. The molecule has 0 bridgehead atoms. The molecule has 0 radical (unpaired) electrons. The average Bonchev–Trinajstić information content (AvgIpc) is 2.45. The van der Waals surface area contributed by atoms with Crippen molar-refractivity contribution in [3.8, 4) is 0 Å². The van der Waals surface area contributed by atoms with Gasteiger partial charge in [0.1, 0.15) is 0 Å². The zero-order valence-corrected chi connectivity index (χ0v) is 11.7. The molecule has 0 saturated heterocycles. The Morgan fingerprint density at radius 3 is 2.86 bits per heavy atom. The fourth-order valence-corrected chi connectivity index (χ4v) is 2.37. The summed E-state index contributed by atoms with van der Waals surface area (Å²) in [7, 11) is 0. The minimum Gasteiger partial charge on any atom is -0.385 e. The van der Waals surface area contributed by atoms with Crippen LogP contribution in [-0.2, 0) is 6.42 Å². The maximum atomic E-state index is 12.0. The summed E-state index contributed by atoms with van der Waals surface area (Å²) in [5.41, 5.74) is 2.74. The number of hydrogen-bond acceptors (Lipinski definition) is 2. The number of fused-ring (bicyclic) bond motifs is 1. The Labute approximate surface area is 121 Å². The Hall–Kier alpha value is -1.72. The third-order valence-electron chi connectivity index (χ3n) is 3.48. The van der Waals surface area contributed by atoms with Gasteiger partial charge in [-0.3, -0.25) is 4.79 Å². The molecule has 2 rings (SSSR count). The van der Waals surface area contributed by atoms with Crippen LogP contribution in [0.3, 0.4) is 0 Å². The van der Waals surface area contributed by atoms with E-state index in [1.165, 1.54) is 0 Å². The number of nitrogens with one attached hydrogen (secondary N) is 2. The number of rotatable bonds is 5. The van der Waals surface area contributed by atoms with E-state index < -0.39 is 12.6 Å². The summed E-state index contributed by atoms with van der Waals surface area (Å²) in [5, 5.41) is 5.93. The van der Waals surface area contributed by atoms with Gasteiger partial charge in [-0.05, 0) is 49.4 Å². The van der Waals surface area contributed by atoms with Crippen LogP contribution in [-0.4, -0.2) is 25.2 Å². The molecule has 3 nitrogen and oxygen atoms in total. The standard InChI is InChI=1S/C15H19F3N2O/c16-15(17,18)7-1-2-8-20-14(21)12-5-6-13-11(10-12)4-3-9-19-13/h5-6,10,19H,1-4,7-9H2,(H,20,21). The number of carbonyl (C=O) groups excluding carboxylic acids is 1. The number of benzene rings is 1. The molecule has 0 aromatic heterocycles. The lowest BCUT2D eigenvalue weighted by atomic mass is 10.0. The van der Waals surface area contributed by atoms with Crippen molar-refractivity contribution in [2.45, 2.75) is 38.3 Å². The summed E-state index contributed by atoms with van der Waals surface area (Å²) >= 11 is 0. The number of carbonyl (C=O) groups is 1. The highest BCUT2D eigenvalue weighted by Crippen LogP contribution is 2.23. The lowest BCUT2D eigenvalue weighted by molar-refractivity contribution is -0.135. The van der Waals surface area contributed by atoms with Crippen molar-refractivity contribution in [2.24, 2.45) is 0 Å². The number of halogens is 3. The molecule has 21 heavy (non-hydrogen) atoms. The van der Waals surface area contributed by atoms with Crippen molar-refractivity contribution in [2.75, 3.05) is 18.4 Å². The van der Waals surface area contributed by atoms with Crippen LogP contribution in [0.5, 0.6) is 0 Å². The Morgan fingerprint density at radius 2 is 2.10 bits per heavy atom. The maximum absolute atomic E-state index is 12.0. The van der Waals surface area contributed by atoms with Crippen LogP contribution in [0, 0.1) is 0 Å². The third kappa shape index (κ3) is 4.95. The molecule has 0 unspecified atom stereocenters. The lowest BCUT2D eigenvalue weighted by Crippen LogP contribution is -2.25. The van der Waals surface area contributed by atoms with Gasteiger partial charge in [0.25, 0.3) is 5.91 Å². The van der Waals surface area contributed by atoms with Crippen molar-refractivity contribution >= 4 is 11.6 Å². The number of unbranched alkanes of at least 4 members (excludes halogenated alkanes) is 1. The fraction of sp³-hybridized carbons (Fsp3) is 0.533. The van der Waals surface area contributed by atoms with Crippen LogP contribution in [0.25, 0.3) is 0 Å². The molecule has 0 spiro atoms. The number of amides is 1. The highest BCUT2D eigenvalue weighted by Gasteiger charge is 2.25. The van der Waals surface area contributed by atoms with Crippen LogP contribution >= 0.6 is 0 Å². The molecule has 116 valence electrons. The normalized spacial score (nSPS) is 14.2. The molecule has 1 aromatic rings. The fourth-order valence-electron chi connectivity index (χ4n) is 2.37. The molecule has 1 amide bonds. The van der Waals surface area contributed by atoms with Crippen molar-refractivity contribution in [1.29, 1.82) is 0 Å². The smallest absolute Gasteiger partial charge is 0.385 e. The predicted octanol–water partition coefficient (Wildman–Crippen LogP) is 3.51. The van der Waals surface area contributed by atoms with Gasteiger partial charge in [-0.1, -0.05) is 0 Å². The molecule has 0 saturated carbocycles. The second-order valence-electron chi connectivity index (χ2n) is 5.23. The van der Waals surface area contributed by atoms with E-state index in [1.54, 1.807) is 6.07 Å². The van der Waals surface area contributed by atoms with E-state index in [-0.39, 0.29) is 18.9 Å². The molecule has 1 aliphatic rings. The van der Waals surface area contributed by atoms with Crippen LogP contribution in [0.15, 0.2) is 18.2 Å². The molecule has 1 aliphatic heterocycles. The first-order chi connectivity index (χ1) is 9.96. The summed E-state index contributed by atoms with van der Waals surface area (Å²) in [6.45, 7) is 1.21. The quantitative estimate of drug-likeness (QED) is 0.817. The van der Waals surface area contributed by atoms with E-state index in [2.05, 4.69) is 10.6 Å². The number of aryl methyl sites for hydroxylation is 1. The molecule has 6 heteroatoms. The van der Waals surface area contributed by atoms with E-state index >= 15 is 0 Å². The first-order valence-electron chi connectivity index (χ1n) is 7.17. The van der Waals surface area contributed by atoms with Crippen molar-refractivity contribution in [3.63, 3.8) is 0 Å². The van der Waals surface area contributed by atoms with Crippen LogP contribution in [0.1, 0.15) is 41.6 Å². The molecular weight excluding hydrogens is 281 g/mol. The van der Waals surface area contributed by atoms with Crippen LogP contribution in [0.4, 0.5) is 18.9 Å². The topological polar surface area (TPSA) is 41.1 Å².